The fourth-order valence-electron chi connectivity index (χ4n) is 2.22. The number of hydrogen-bond donors (Lipinski definition) is 1. The highest BCUT2D eigenvalue weighted by atomic mass is 16.5. The molecule has 0 radical (unpaired) electrons. The molecule has 0 aliphatic carbocycles. The van der Waals surface area contributed by atoms with Gasteiger partial charge in [0.2, 0.25) is 0 Å². The summed E-state index contributed by atoms with van der Waals surface area (Å²) in [4.78, 5) is 4.36. The van der Waals surface area contributed by atoms with Crippen molar-refractivity contribution in [1.82, 2.24) is 9.55 Å². The Morgan fingerprint density at radius 1 is 1.25 bits per heavy atom. The number of rotatable bonds is 6. The van der Waals surface area contributed by atoms with Crippen molar-refractivity contribution in [3.05, 3.63) is 42.0 Å². The normalized spacial score (nSPS) is 12.2. The van der Waals surface area contributed by atoms with E-state index in [0.29, 0.717) is 17.9 Å². The van der Waals surface area contributed by atoms with Gasteiger partial charge in [0.25, 0.3) is 0 Å². The van der Waals surface area contributed by atoms with Gasteiger partial charge < -0.3 is 19.8 Å². The first-order chi connectivity index (χ1) is 9.69. The van der Waals surface area contributed by atoms with Crippen molar-refractivity contribution < 1.29 is 9.47 Å². The second-order valence-corrected chi connectivity index (χ2v) is 4.55. The number of nitrogens with two attached hydrogens (primary N) is 1. The first-order valence-corrected chi connectivity index (χ1v) is 6.67. The first kappa shape index (κ1) is 14.4. The average Bonchev–Trinajstić information content (AvgIpc) is 2.93. The van der Waals surface area contributed by atoms with Gasteiger partial charge in [0.15, 0.2) is 11.5 Å². The zero-order valence-electron chi connectivity index (χ0n) is 12.2. The van der Waals surface area contributed by atoms with E-state index < -0.39 is 0 Å². The minimum Gasteiger partial charge on any atom is -0.493 e. The number of imidazole rings is 1. The molecule has 5 nitrogen and oxygen atoms in total. The molecule has 1 aromatic heterocycles. The van der Waals surface area contributed by atoms with Crippen LogP contribution in [0.2, 0.25) is 0 Å². The van der Waals surface area contributed by atoms with Crippen LogP contribution in [0.25, 0.3) is 0 Å². The average molecular weight is 275 g/mol. The first-order valence-electron chi connectivity index (χ1n) is 6.67. The Morgan fingerprint density at radius 3 is 2.65 bits per heavy atom. The number of aryl methyl sites for hydroxylation is 1. The van der Waals surface area contributed by atoms with Crippen molar-refractivity contribution >= 4 is 0 Å². The number of hydrogen-bond acceptors (Lipinski definition) is 4. The van der Waals surface area contributed by atoms with Crippen molar-refractivity contribution in [3.8, 4) is 11.5 Å². The molecular weight excluding hydrogens is 254 g/mol. The largest absolute Gasteiger partial charge is 0.493 e. The fraction of sp³-hybridized carbons (Fsp3) is 0.400. The molecule has 1 unspecified atom stereocenters. The van der Waals surface area contributed by atoms with Crippen LogP contribution in [0.4, 0.5) is 0 Å². The Labute approximate surface area is 119 Å². The van der Waals surface area contributed by atoms with Crippen LogP contribution in [-0.2, 0) is 13.0 Å². The van der Waals surface area contributed by atoms with Crippen LogP contribution in [0, 0.1) is 0 Å². The standard InChI is InChI=1S/C15H21N3O2/c1-4-18-8-7-17-15(18)10-12(16)11-5-6-13(19-2)14(9-11)20-3/h5-9,12H,4,10,16H2,1-3H3. The lowest BCUT2D eigenvalue weighted by Gasteiger charge is -2.15. The second-order valence-electron chi connectivity index (χ2n) is 4.55. The summed E-state index contributed by atoms with van der Waals surface area (Å²) in [6, 6.07) is 5.64. The van der Waals surface area contributed by atoms with Crippen LogP contribution in [0.15, 0.2) is 30.6 Å². The number of aromatic nitrogens is 2. The topological polar surface area (TPSA) is 62.3 Å². The summed E-state index contributed by atoms with van der Waals surface area (Å²) in [6.07, 6.45) is 4.47. The van der Waals surface area contributed by atoms with Crippen LogP contribution >= 0.6 is 0 Å². The summed E-state index contributed by atoms with van der Waals surface area (Å²) >= 11 is 0. The van der Waals surface area contributed by atoms with E-state index in [4.69, 9.17) is 15.2 Å². The Bertz CT molecular complexity index is 566. The van der Waals surface area contributed by atoms with Gasteiger partial charge in [0.1, 0.15) is 5.82 Å². The van der Waals surface area contributed by atoms with E-state index in [2.05, 4.69) is 16.5 Å². The van der Waals surface area contributed by atoms with Gasteiger partial charge in [0, 0.05) is 31.4 Å². The van der Waals surface area contributed by atoms with Crippen LogP contribution < -0.4 is 15.2 Å². The molecule has 20 heavy (non-hydrogen) atoms. The maximum atomic E-state index is 6.28. The molecule has 2 N–H and O–H groups in total. The predicted octanol–water partition coefficient (Wildman–Crippen LogP) is 2.16. The van der Waals surface area contributed by atoms with Crippen molar-refractivity contribution in [1.29, 1.82) is 0 Å². The van der Waals surface area contributed by atoms with Gasteiger partial charge >= 0.3 is 0 Å². The summed E-state index contributed by atoms with van der Waals surface area (Å²) in [6.45, 7) is 2.99. The van der Waals surface area contributed by atoms with Crippen LogP contribution in [0.5, 0.6) is 11.5 Å². The minimum absolute atomic E-state index is 0.123. The molecule has 0 amide bonds. The molecule has 108 valence electrons. The number of benzene rings is 1. The van der Waals surface area contributed by atoms with Gasteiger partial charge in [0.05, 0.1) is 14.2 Å². The van der Waals surface area contributed by atoms with Gasteiger partial charge in [-0.05, 0) is 24.6 Å². The molecular formula is C15H21N3O2. The van der Waals surface area contributed by atoms with Crippen molar-refractivity contribution in [2.24, 2.45) is 5.73 Å². The third-order valence-corrected chi connectivity index (χ3v) is 3.38. The highest BCUT2D eigenvalue weighted by molar-refractivity contribution is 5.43. The quantitative estimate of drug-likeness (QED) is 0.877. The molecule has 1 aromatic carbocycles. The van der Waals surface area contributed by atoms with Gasteiger partial charge in [-0.15, -0.1) is 0 Å². The molecule has 0 bridgehead atoms. The maximum absolute atomic E-state index is 6.28. The van der Waals surface area contributed by atoms with E-state index in [1.807, 2.05) is 24.4 Å². The van der Waals surface area contributed by atoms with Crippen molar-refractivity contribution in [3.63, 3.8) is 0 Å². The zero-order valence-corrected chi connectivity index (χ0v) is 12.2. The van der Waals surface area contributed by atoms with Crippen LogP contribution in [-0.4, -0.2) is 23.8 Å². The summed E-state index contributed by atoms with van der Waals surface area (Å²) in [5.74, 6) is 2.40. The lowest BCUT2D eigenvalue weighted by Crippen LogP contribution is -2.16. The van der Waals surface area contributed by atoms with E-state index >= 15 is 0 Å². The van der Waals surface area contributed by atoms with Crippen LogP contribution in [0.1, 0.15) is 24.4 Å². The molecule has 1 atom stereocenters. The lowest BCUT2D eigenvalue weighted by atomic mass is 10.0. The van der Waals surface area contributed by atoms with E-state index in [9.17, 15) is 0 Å². The molecule has 1 heterocycles. The number of ether oxygens (including phenoxy) is 2. The smallest absolute Gasteiger partial charge is 0.161 e. The molecule has 0 aliphatic heterocycles. The molecule has 0 spiro atoms. The number of methoxy groups -OCH3 is 2. The van der Waals surface area contributed by atoms with Crippen LogP contribution in [0.3, 0.4) is 0 Å². The van der Waals surface area contributed by atoms with E-state index in [1.165, 1.54) is 0 Å². The van der Waals surface area contributed by atoms with Gasteiger partial charge in [-0.3, -0.25) is 0 Å². The zero-order chi connectivity index (χ0) is 14.5. The highest BCUT2D eigenvalue weighted by Crippen LogP contribution is 2.30. The third-order valence-electron chi connectivity index (χ3n) is 3.38. The number of nitrogens with zero attached hydrogens (tertiary/aromatic N) is 2. The fourth-order valence-corrected chi connectivity index (χ4v) is 2.22. The third kappa shape index (κ3) is 2.93. The summed E-state index contributed by atoms with van der Waals surface area (Å²) < 4.78 is 12.6. The molecule has 0 saturated carbocycles. The van der Waals surface area contributed by atoms with Crippen molar-refractivity contribution in [2.75, 3.05) is 14.2 Å². The SMILES string of the molecule is CCn1ccnc1CC(N)c1ccc(OC)c(OC)c1. The predicted molar refractivity (Wildman–Crippen MR) is 78.1 cm³/mol. The van der Waals surface area contributed by atoms with Gasteiger partial charge in [-0.25, -0.2) is 4.98 Å². The Balaban J connectivity index is 2.19. The minimum atomic E-state index is -0.123. The van der Waals surface area contributed by atoms with E-state index in [0.717, 1.165) is 17.9 Å². The molecule has 2 aromatic rings. The summed E-state index contributed by atoms with van der Waals surface area (Å²) in [5, 5.41) is 0. The summed E-state index contributed by atoms with van der Waals surface area (Å²) in [7, 11) is 3.24. The molecule has 5 heteroatoms. The van der Waals surface area contributed by atoms with E-state index in [1.54, 1.807) is 20.4 Å². The Hall–Kier alpha value is -2.01. The Kier molecular flexibility index (Phi) is 4.63. The maximum Gasteiger partial charge on any atom is 0.161 e. The lowest BCUT2D eigenvalue weighted by molar-refractivity contribution is 0.354. The monoisotopic (exact) mass is 275 g/mol. The molecule has 0 fully saturated rings. The second kappa shape index (κ2) is 6.43. The summed E-state index contributed by atoms with van der Waals surface area (Å²) in [5.41, 5.74) is 7.28. The van der Waals surface area contributed by atoms with Gasteiger partial charge in [-0.2, -0.15) is 0 Å². The van der Waals surface area contributed by atoms with Gasteiger partial charge in [-0.1, -0.05) is 6.07 Å². The Morgan fingerprint density at radius 2 is 2.00 bits per heavy atom. The highest BCUT2D eigenvalue weighted by Gasteiger charge is 2.13. The van der Waals surface area contributed by atoms with Crippen molar-refractivity contribution in [2.45, 2.75) is 25.9 Å². The molecule has 0 saturated heterocycles. The molecule has 0 aliphatic rings. The van der Waals surface area contributed by atoms with E-state index in [-0.39, 0.29) is 6.04 Å². The molecule has 2 rings (SSSR count).